The fourth-order valence-electron chi connectivity index (χ4n) is 2.51. The highest BCUT2D eigenvalue weighted by Crippen LogP contribution is 2.17. The molecule has 2 amide bonds. The zero-order chi connectivity index (χ0) is 20.3. The van der Waals surface area contributed by atoms with E-state index < -0.39 is 23.1 Å². The Bertz CT molecular complexity index is 1150. The minimum Gasteiger partial charge on any atom is -0.322 e. The number of aromatic nitrogens is 2. The topological polar surface area (TPSA) is 141 Å². The molecule has 0 radical (unpaired) electrons. The molecule has 0 aliphatic heterocycles. The van der Waals surface area contributed by atoms with Gasteiger partial charge in [-0.3, -0.25) is 19.4 Å². The lowest BCUT2D eigenvalue weighted by Crippen LogP contribution is -2.37. The van der Waals surface area contributed by atoms with Crippen molar-refractivity contribution in [2.24, 2.45) is 5.84 Å². The van der Waals surface area contributed by atoms with E-state index in [1.807, 2.05) is 18.0 Å². The Morgan fingerprint density at radius 1 is 1.07 bits per heavy atom. The van der Waals surface area contributed by atoms with Crippen molar-refractivity contribution >= 4 is 23.2 Å². The molecular formula is C19H17N5O4. The number of hydrazine groups is 1. The summed E-state index contributed by atoms with van der Waals surface area (Å²) < 4.78 is 0. The van der Waals surface area contributed by atoms with Crippen LogP contribution in [0.5, 0.6) is 0 Å². The number of hydrogen-bond acceptors (Lipinski definition) is 5. The second kappa shape index (κ2) is 7.72. The summed E-state index contributed by atoms with van der Waals surface area (Å²) in [6.07, 6.45) is 1.03. The Morgan fingerprint density at radius 2 is 1.79 bits per heavy atom. The van der Waals surface area contributed by atoms with Crippen LogP contribution in [-0.2, 0) is 0 Å². The van der Waals surface area contributed by atoms with Gasteiger partial charge in [0.25, 0.3) is 17.4 Å². The fourth-order valence-corrected chi connectivity index (χ4v) is 2.51. The Kier molecular flexibility index (Phi) is 5.18. The van der Waals surface area contributed by atoms with Gasteiger partial charge in [-0.25, -0.2) is 15.6 Å². The second-order valence-corrected chi connectivity index (χ2v) is 6.03. The molecule has 0 saturated carbocycles. The van der Waals surface area contributed by atoms with E-state index in [1.54, 1.807) is 18.2 Å². The first kappa shape index (κ1) is 18.8. The van der Waals surface area contributed by atoms with Crippen LogP contribution < -0.4 is 27.4 Å². The number of rotatable bonds is 4. The van der Waals surface area contributed by atoms with E-state index in [1.165, 1.54) is 24.3 Å². The Balaban J connectivity index is 1.74. The second-order valence-electron chi connectivity index (χ2n) is 6.03. The average molecular weight is 379 g/mol. The van der Waals surface area contributed by atoms with Gasteiger partial charge in [-0.05, 0) is 48.9 Å². The smallest absolute Gasteiger partial charge is 0.322 e. The van der Waals surface area contributed by atoms with Gasteiger partial charge in [-0.2, -0.15) is 0 Å². The molecule has 1 heterocycles. The van der Waals surface area contributed by atoms with Crippen molar-refractivity contribution in [1.82, 2.24) is 9.97 Å². The van der Waals surface area contributed by atoms with Gasteiger partial charge in [0.1, 0.15) is 5.56 Å². The molecule has 0 spiro atoms. The van der Waals surface area contributed by atoms with Gasteiger partial charge in [0.05, 0.1) is 5.69 Å². The van der Waals surface area contributed by atoms with E-state index in [0.29, 0.717) is 16.9 Å². The molecular weight excluding hydrogens is 362 g/mol. The van der Waals surface area contributed by atoms with E-state index >= 15 is 0 Å². The molecule has 0 saturated heterocycles. The van der Waals surface area contributed by atoms with Crippen molar-refractivity contribution in [2.45, 2.75) is 6.92 Å². The van der Waals surface area contributed by atoms with Crippen molar-refractivity contribution in [1.29, 1.82) is 0 Å². The van der Waals surface area contributed by atoms with Crippen molar-refractivity contribution in [3.63, 3.8) is 0 Å². The van der Waals surface area contributed by atoms with E-state index in [0.717, 1.165) is 16.8 Å². The molecule has 0 aliphatic carbocycles. The molecule has 9 heteroatoms. The number of H-pyrrole nitrogens is 2. The van der Waals surface area contributed by atoms with Gasteiger partial charge in [-0.15, -0.1) is 0 Å². The number of nitrogens with one attached hydrogen (secondary N) is 3. The summed E-state index contributed by atoms with van der Waals surface area (Å²) in [5.74, 6) is 4.80. The van der Waals surface area contributed by atoms with Gasteiger partial charge in [-0.1, -0.05) is 12.1 Å². The van der Waals surface area contributed by atoms with Gasteiger partial charge in [0, 0.05) is 17.4 Å². The number of benzene rings is 2. The number of nitrogens with zero attached hydrogens (tertiary/aromatic N) is 1. The molecule has 9 nitrogen and oxygen atoms in total. The van der Waals surface area contributed by atoms with Crippen LogP contribution in [0.2, 0.25) is 0 Å². The van der Waals surface area contributed by atoms with Crippen molar-refractivity contribution < 1.29 is 9.59 Å². The SMILES string of the molecule is Cc1cccc(N(N)C(=O)c2ccc(NC(=O)c3c[nH]c(=O)[nH]c3=O)cc2)c1. The largest absolute Gasteiger partial charge is 0.325 e. The maximum absolute atomic E-state index is 12.5. The number of nitrogens with two attached hydrogens (primary N) is 1. The maximum Gasteiger partial charge on any atom is 0.325 e. The van der Waals surface area contributed by atoms with Gasteiger partial charge in [0.15, 0.2) is 0 Å². The van der Waals surface area contributed by atoms with Crippen molar-refractivity contribution in [2.75, 3.05) is 10.3 Å². The number of carbonyl (C=O) groups excluding carboxylic acids is 2. The molecule has 2 aromatic carbocycles. The van der Waals surface area contributed by atoms with Crippen LogP contribution in [0, 0.1) is 6.92 Å². The lowest BCUT2D eigenvalue weighted by atomic mass is 10.1. The zero-order valence-electron chi connectivity index (χ0n) is 14.9. The maximum atomic E-state index is 12.5. The van der Waals surface area contributed by atoms with Gasteiger partial charge < -0.3 is 10.3 Å². The third-order valence-corrected chi connectivity index (χ3v) is 3.95. The summed E-state index contributed by atoms with van der Waals surface area (Å²) in [4.78, 5) is 51.5. The van der Waals surface area contributed by atoms with Crippen LogP contribution in [0.4, 0.5) is 11.4 Å². The average Bonchev–Trinajstić information content (AvgIpc) is 2.67. The number of anilines is 2. The predicted molar refractivity (Wildman–Crippen MR) is 104 cm³/mol. The van der Waals surface area contributed by atoms with E-state index in [4.69, 9.17) is 5.84 Å². The van der Waals surface area contributed by atoms with Crippen LogP contribution in [0.25, 0.3) is 0 Å². The lowest BCUT2D eigenvalue weighted by Gasteiger charge is -2.17. The molecule has 0 bridgehead atoms. The summed E-state index contributed by atoms with van der Waals surface area (Å²) in [6.45, 7) is 1.90. The summed E-state index contributed by atoms with van der Waals surface area (Å²) >= 11 is 0. The molecule has 3 rings (SSSR count). The van der Waals surface area contributed by atoms with Crippen molar-refractivity contribution in [3.05, 3.63) is 92.3 Å². The Labute approximate surface area is 158 Å². The third-order valence-electron chi connectivity index (χ3n) is 3.95. The first-order chi connectivity index (χ1) is 13.3. The molecule has 0 aliphatic rings. The van der Waals surface area contributed by atoms with E-state index in [2.05, 4.69) is 10.3 Å². The number of carbonyl (C=O) groups is 2. The summed E-state index contributed by atoms with van der Waals surface area (Å²) in [7, 11) is 0. The molecule has 3 aromatic rings. The number of amides is 2. The molecule has 1 aromatic heterocycles. The highest BCUT2D eigenvalue weighted by atomic mass is 16.2. The predicted octanol–water partition coefficient (Wildman–Crippen LogP) is 1.14. The third kappa shape index (κ3) is 4.05. The number of hydrogen-bond donors (Lipinski definition) is 4. The quantitative estimate of drug-likeness (QED) is 0.306. The summed E-state index contributed by atoms with van der Waals surface area (Å²) in [6, 6.07) is 13.2. The number of aryl methyl sites for hydroxylation is 1. The van der Waals surface area contributed by atoms with Crippen LogP contribution in [0.15, 0.2) is 64.3 Å². The standard InChI is InChI=1S/C19H17N5O4/c1-11-3-2-4-14(9-11)24(20)18(27)12-5-7-13(8-6-12)22-16(25)15-10-21-19(28)23-17(15)26/h2-10H,20H2,1H3,(H,22,25)(H2,21,23,26,28). The van der Waals surface area contributed by atoms with Crippen LogP contribution in [-0.4, -0.2) is 21.8 Å². The fraction of sp³-hybridized carbons (Fsp3) is 0.0526. The molecule has 0 unspecified atom stereocenters. The highest BCUT2D eigenvalue weighted by Gasteiger charge is 2.15. The molecule has 142 valence electrons. The monoisotopic (exact) mass is 379 g/mol. The first-order valence-electron chi connectivity index (χ1n) is 8.24. The van der Waals surface area contributed by atoms with Gasteiger partial charge >= 0.3 is 5.69 Å². The summed E-state index contributed by atoms with van der Waals surface area (Å²) in [5, 5.41) is 3.56. The van der Waals surface area contributed by atoms with Crippen LogP contribution in [0.3, 0.4) is 0 Å². The lowest BCUT2D eigenvalue weighted by molar-refractivity contribution is 0.0985. The highest BCUT2D eigenvalue weighted by molar-refractivity contribution is 6.06. The molecule has 5 N–H and O–H groups in total. The first-order valence-corrected chi connectivity index (χ1v) is 8.24. The van der Waals surface area contributed by atoms with E-state index in [9.17, 15) is 19.2 Å². The molecule has 0 atom stereocenters. The summed E-state index contributed by atoms with van der Waals surface area (Å²) in [5.41, 5.74) is 0.465. The number of aromatic amines is 2. The van der Waals surface area contributed by atoms with Crippen LogP contribution >= 0.6 is 0 Å². The van der Waals surface area contributed by atoms with Crippen molar-refractivity contribution in [3.8, 4) is 0 Å². The van der Waals surface area contributed by atoms with E-state index in [-0.39, 0.29) is 5.56 Å². The minimum absolute atomic E-state index is 0.243. The van der Waals surface area contributed by atoms with Crippen LogP contribution in [0.1, 0.15) is 26.3 Å². The molecule has 28 heavy (non-hydrogen) atoms. The molecule has 0 fully saturated rings. The Hall–Kier alpha value is -3.98. The zero-order valence-corrected chi connectivity index (χ0v) is 14.9. The normalized spacial score (nSPS) is 10.4. The Morgan fingerprint density at radius 3 is 2.43 bits per heavy atom. The van der Waals surface area contributed by atoms with Gasteiger partial charge in [0.2, 0.25) is 0 Å². The minimum atomic E-state index is -0.801.